The molecular weight excluding hydrogens is 368 g/mol. The standard InChI is InChI=1S/C22H22N4O3/c27-21(20-2-1-15-29-20)24-19-5-3-18(4-6-19)22(28)26-13-11-25(12-14-26)16-17-7-9-23-10-8-17/h1-10,15H,11-14,16H2,(H,24,27)/p+1. The van der Waals surface area contributed by atoms with Crippen molar-refractivity contribution in [2.75, 3.05) is 31.5 Å². The van der Waals surface area contributed by atoms with E-state index < -0.39 is 0 Å². The van der Waals surface area contributed by atoms with Crippen LogP contribution in [0.25, 0.3) is 0 Å². The molecule has 0 bridgehead atoms. The fourth-order valence-electron chi connectivity index (χ4n) is 3.47. The monoisotopic (exact) mass is 391 g/mol. The Morgan fingerprint density at radius 2 is 1.76 bits per heavy atom. The summed E-state index contributed by atoms with van der Waals surface area (Å²) in [6.45, 7) is 4.26. The molecule has 1 saturated heterocycles. The molecule has 0 aliphatic carbocycles. The molecule has 7 nitrogen and oxygen atoms in total. The zero-order chi connectivity index (χ0) is 20.1. The van der Waals surface area contributed by atoms with E-state index in [1.165, 1.54) is 16.7 Å². The Balaban J connectivity index is 1.30. The molecule has 29 heavy (non-hydrogen) atoms. The van der Waals surface area contributed by atoms with Crippen LogP contribution in [-0.2, 0) is 6.54 Å². The van der Waals surface area contributed by atoms with Gasteiger partial charge in [0.25, 0.3) is 11.8 Å². The lowest BCUT2D eigenvalue weighted by atomic mass is 10.1. The van der Waals surface area contributed by atoms with Gasteiger partial charge in [-0.05, 0) is 48.5 Å². The second-order valence-electron chi connectivity index (χ2n) is 7.08. The van der Waals surface area contributed by atoms with Gasteiger partial charge in [-0.2, -0.15) is 0 Å². The van der Waals surface area contributed by atoms with Gasteiger partial charge >= 0.3 is 0 Å². The van der Waals surface area contributed by atoms with Gasteiger partial charge < -0.3 is 19.5 Å². The molecular formula is C22H23N4O3+. The number of rotatable bonds is 5. The summed E-state index contributed by atoms with van der Waals surface area (Å²) in [5.74, 6) is -0.0449. The van der Waals surface area contributed by atoms with Crippen LogP contribution in [-0.4, -0.2) is 47.9 Å². The summed E-state index contributed by atoms with van der Waals surface area (Å²) in [6.07, 6.45) is 5.08. The maximum Gasteiger partial charge on any atom is 0.291 e. The number of anilines is 1. The van der Waals surface area contributed by atoms with E-state index in [9.17, 15) is 9.59 Å². The fraction of sp³-hybridized carbons (Fsp3) is 0.227. The molecule has 2 aromatic heterocycles. The van der Waals surface area contributed by atoms with Crippen molar-refractivity contribution in [3.05, 3.63) is 84.1 Å². The highest BCUT2D eigenvalue weighted by Gasteiger charge is 2.24. The Hall–Kier alpha value is -3.45. The Morgan fingerprint density at radius 1 is 1.03 bits per heavy atom. The molecule has 1 fully saturated rings. The van der Waals surface area contributed by atoms with Crippen molar-refractivity contribution in [3.8, 4) is 0 Å². The van der Waals surface area contributed by atoms with E-state index in [2.05, 4.69) is 10.3 Å². The molecule has 3 aromatic rings. The van der Waals surface area contributed by atoms with E-state index in [1.54, 1.807) is 36.4 Å². The van der Waals surface area contributed by atoms with Crippen molar-refractivity contribution in [3.63, 3.8) is 0 Å². The van der Waals surface area contributed by atoms with Crippen LogP contribution >= 0.6 is 0 Å². The maximum atomic E-state index is 12.8. The van der Waals surface area contributed by atoms with E-state index in [0.717, 1.165) is 32.7 Å². The van der Waals surface area contributed by atoms with Crippen LogP contribution in [0.4, 0.5) is 5.69 Å². The maximum absolute atomic E-state index is 12.8. The second-order valence-corrected chi connectivity index (χ2v) is 7.08. The Morgan fingerprint density at radius 3 is 2.41 bits per heavy atom. The number of hydrogen-bond donors (Lipinski definition) is 2. The average molecular weight is 391 g/mol. The smallest absolute Gasteiger partial charge is 0.291 e. The first-order valence-corrected chi connectivity index (χ1v) is 9.66. The van der Waals surface area contributed by atoms with Gasteiger partial charge in [0.2, 0.25) is 0 Å². The van der Waals surface area contributed by atoms with Gasteiger partial charge in [-0.3, -0.25) is 14.6 Å². The SMILES string of the molecule is O=C(Nc1ccc(C(=O)N2CC[NH+](Cc3ccncc3)CC2)cc1)c1ccco1. The molecule has 1 aliphatic heterocycles. The third kappa shape index (κ3) is 4.70. The second kappa shape index (κ2) is 8.70. The van der Waals surface area contributed by atoms with Gasteiger partial charge in [0.1, 0.15) is 6.54 Å². The number of benzene rings is 1. The zero-order valence-electron chi connectivity index (χ0n) is 16.0. The molecule has 4 rings (SSSR count). The molecule has 1 aliphatic rings. The first kappa shape index (κ1) is 18.9. The van der Waals surface area contributed by atoms with Gasteiger partial charge in [-0.25, -0.2) is 0 Å². The first-order chi connectivity index (χ1) is 14.2. The van der Waals surface area contributed by atoms with Gasteiger partial charge in [0.15, 0.2) is 5.76 Å². The molecule has 0 atom stereocenters. The molecule has 7 heteroatoms. The van der Waals surface area contributed by atoms with Crippen LogP contribution in [0, 0.1) is 0 Å². The number of piperazine rings is 1. The highest BCUT2D eigenvalue weighted by Crippen LogP contribution is 2.13. The number of amides is 2. The predicted octanol–water partition coefficient (Wildman–Crippen LogP) is 1.47. The number of pyridine rings is 1. The zero-order valence-corrected chi connectivity index (χ0v) is 16.0. The lowest BCUT2D eigenvalue weighted by Crippen LogP contribution is -3.13. The number of nitrogens with zero attached hydrogens (tertiary/aromatic N) is 2. The normalized spacial score (nSPS) is 14.6. The number of carbonyl (C=O) groups excluding carboxylic acids is 2. The number of carbonyl (C=O) groups is 2. The van der Waals surface area contributed by atoms with Gasteiger partial charge in [0.05, 0.1) is 32.4 Å². The summed E-state index contributed by atoms with van der Waals surface area (Å²) in [5.41, 5.74) is 2.51. The van der Waals surface area contributed by atoms with Crippen LogP contribution in [0.3, 0.4) is 0 Å². The van der Waals surface area contributed by atoms with Crippen LogP contribution in [0.1, 0.15) is 26.5 Å². The minimum Gasteiger partial charge on any atom is -0.459 e. The number of nitrogens with one attached hydrogen (secondary N) is 2. The largest absolute Gasteiger partial charge is 0.459 e. The highest BCUT2D eigenvalue weighted by atomic mass is 16.3. The minimum atomic E-state index is -0.317. The topological polar surface area (TPSA) is 79.9 Å². The van der Waals surface area contributed by atoms with Crippen molar-refractivity contribution in [1.82, 2.24) is 9.88 Å². The van der Waals surface area contributed by atoms with Crippen molar-refractivity contribution in [2.24, 2.45) is 0 Å². The van der Waals surface area contributed by atoms with Crippen molar-refractivity contribution >= 4 is 17.5 Å². The summed E-state index contributed by atoms with van der Waals surface area (Å²) < 4.78 is 5.08. The molecule has 3 heterocycles. The Kier molecular flexibility index (Phi) is 5.67. The first-order valence-electron chi connectivity index (χ1n) is 9.66. The third-order valence-corrected chi connectivity index (χ3v) is 5.10. The van der Waals surface area contributed by atoms with Gasteiger partial charge in [-0.15, -0.1) is 0 Å². The summed E-state index contributed by atoms with van der Waals surface area (Å²) in [5, 5.41) is 2.75. The third-order valence-electron chi connectivity index (χ3n) is 5.10. The van der Waals surface area contributed by atoms with Crippen LogP contribution in [0.5, 0.6) is 0 Å². The van der Waals surface area contributed by atoms with Crippen LogP contribution in [0.15, 0.2) is 71.6 Å². The molecule has 0 spiro atoms. The number of furan rings is 1. The van der Waals surface area contributed by atoms with Crippen LogP contribution in [0.2, 0.25) is 0 Å². The van der Waals surface area contributed by atoms with Crippen molar-refractivity contribution < 1.29 is 18.9 Å². The quantitative estimate of drug-likeness (QED) is 0.690. The number of hydrogen-bond acceptors (Lipinski definition) is 4. The summed E-state index contributed by atoms with van der Waals surface area (Å²) in [4.78, 5) is 32.2. The molecule has 1 aromatic carbocycles. The number of quaternary nitrogens is 1. The molecule has 2 N–H and O–H groups in total. The lowest BCUT2D eigenvalue weighted by molar-refractivity contribution is -0.917. The average Bonchev–Trinajstić information content (AvgIpc) is 3.30. The van der Waals surface area contributed by atoms with Gasteiger partial charge in [-0.1, -0.05) is 0 Å². The van der Waals surface area contributed by atoms with Crippen molar-refractivity contribution in [2.45, 2.75) is 6.54 Å². The van der Waals surface area contributed by atoms with E-state index in [0.29, 0.717) is 11.3 Å². The lowest BCUT2D eigenvalue weighted by Gasteiger charge is -2.32. The molecule has 0 saturated carbocycles. The van der Waals surface area contributed by atoms with Crippen LogP contribution < -0.4 is 10.2 Å². The van der Waals surface area contributed by atoms with E-state index in [1.807, 2.05) is 29.4 Å². The van der Waals surface area contributed by atoms with Gasteiger partial charge in [0, 0.05) is 29.2 Å². The molecule has 0 radical (unpaired) electrons. The summed E-state index contributed by atoms with van der Waals surface area (Å²) in [6, 6.07) is 14.3. The molecule has 2 amide bonds. The Bertz CT molecular complexity index is 947. The van der Waals surface area contributed by atoms with E-state index in [4.69, 9.17) is 4.42 Å². The fourth-order valence-corrected chi connectivity index (χ4v) is 3.47. The molecule has 0 unspecified atom stereocenters. The molecule has 148 valence electrons. The number of aromatic nitrogens is 1. The van der Waals surface area contributed by atoms with Crippen molar-refractivity contribution in [1.29, 1.82) is 0 Å². The summed E-state index contributed by atoms with van der Waals surface area (Å²) >= 11 is 0. The minimum absolute atomic E-state index is 0.0249. The summed E-state index contributed by atoms with van der Waals surface area (Å²) in [7, 11) is 0. The van der Waals surface area contributed by atoms with E-state index in [-0.39, 0.29) is 17.6 Å². The predicted molar refractivity (Wildman–Crippen MR) is 108 cm³/mol. The highest BCUT2D eigenvalue weighted by molar-refractivity contribution is 6.02. The van der Waals surface area contributed by atoms with E-state index >= 15 is 0 Å². The Labute approximate surface area is 169 Å².